The van der Waals surface area contributed by atoms with E-state index in [2.05, 4.69) is 6.92 Å². The quantitative estimate of drug-likeness (QED) is 0.335. The highest BCUT2D eigenvalue weighted by molar-refractivity contribution is 6.09. The van der Waals surface area contributed by atoms with Crippen molar-refractivity contribution in [1.29, 1.82) is 0 Å². The van der Waals surface area contributed by atoms with E-state index in [1.165, 1.54) is 25.7 Å². The van der Waals surface area contributed by atoms with E-state index in [0.29, 0.717) is 6.61 Å². The third-order valence-electron chi connectivity index (χ3n) is 3.56. The first kappa shape index (κ1) is 18.1. The highest BCUT2D eigenvalue weighted by Crippen LogP contribution is 2.18. The second kappa shape index (κ2) is 9.87. The lowest BCUT2D eigenvalue weighted by Crippen LogP contribution is -2.37. The van der Waals surface area contributed by atoms with Crippen LogP contribution >= 0.6 is 0 Å². The Bertz CT molecular complexity index is 330. The SMILES string of the molecule is CCCCCCCCCOC1C(=O)O[C@H]([C@@H](O)CO)C1=O. The van der Waals surface area contributed by atoms with Crippen molar-refractivity contribution in [2.24, 2.45) is 0 Å². The van der Waals surface area contributed by atoms with Crippen molar-refractivity contribution in [3.05, 3.63) is 0 Å². The van der Waals surface area contributed by atoms with Gasteiger partial charge >= 0.3 is 5.97 Å². The molecule has 1 unspecified atom stereocenters. The molecule has 0 aromatic heterocycles. The molecular formula is C15H26O6. The number of cyclic esters (lactones) is 1. The van der Waals surface area contributed by atoms with Crippen molar-refractivity contribution in [3.63, 3.8) is 0 Å². The van der Waals surface area contributed by atoms with Crippen LogP contribution in [-0.2, 0) is 19.1 Å². The fourth-order valence-corrected chi connectivity index (χ4v) is 2.28. The number of carbonyl (C=O) groups is 2. The summed E-state index contributed by atoms with van der Waals surface area (Å²) in [6, 6.07) is 0. The van der Waals surface area contributed by atoms with E-state index in [9.17, 15) is 14.7 Å². The normalized spacial score (nSPS) is 23.4. The molecule has 1 aliphatic rings. The second-order valence-corrected chi connectivity index (χ2v) is 5.38. The molecule has 0 bridgehead atoms. The molecule has 122 valence electrons. The van der Waals surface area contributed by atoms with E-state index in [4.69, 9.17) is 14.6 Å². The Labute approximate surface area is 125 Å². The maximum absolute atomic E-state index is 11.8. The first-order valence-corrected chi connectivity index (χ1v) is 7.76. The van der Waals surface area contributed by atoms with Crippen LogP contribution in [0.2, 0.25) is 0 Å². The van der Waals surface area contributed by atoms with Crippen LogP contribution in [0.4, 0.5) is 0 Å². The van der Waals surface area contributed by atoms with E-state index >= 15 is 0 Å². The first-order valence-electron chi connectivity index (χ1n) is 7.76. The largest absolute Gasteiger partial charge is 0.449 e. The summed E-state index contributed by atoms with van der Waals surface area (Å²) >= 11 is 0. The zero-order valence-electron chi connectivity index (χ0n) is 12.6. The van der Waals surface area contributed by atoms with E-state index in [-0.39, 0.29) is 0 Å². The maximum Gasteiger partial charge on any atom is 0.344 e. The number of aliphatic hydroxyl groups is 2. The molecule has 0 saturated carbocycles. The third-order valence-corrected chi connectivity index (χ3v) is 3.56. The van der Waals surface area contributed by atoms with Gasteiger partial charge in [-0.1, -0.05) is 45.4 Å². The van der Waals surface area contributed by atoms with Gasteiger partial charge in [-0.15, -0.1) is 0 Å². The molecule has 0 aliphatic carbocycles. The average Bonchev–Trinajstić information content (AvgIpc) is 2.76. The Hall–Kier alpha value is -0.980. The summed E-state index contributed by atoms with van der Waals surface area (Å²) in [6.07, 6.45) is 3.89. The van der Waals surface area contributed by atoms with Crippen LogP contribution in [0.5, 0.6) is 0 Å². The summed E-state index contributed by atoms with van der Waals surface area (Å²) in [5.74, 6) is -1.38. The van der Waals surface area contributed by atoms with Gasteiger partial charge in [0.1, 0.15) is 6.10 Å². The Balaban J connectivity index is 2.17. The molecule has 1 heterocycles. The number of carbonyl (C=O) groups excluding carboxylic acids is 2. The van der Waals surface area contributed by atoms with Gasteiger partial charge in [-0.05, 0) is 6.42 Å². The predicted octanol–water partition coefficient (Wildman–Crippen LogP) is 0.970. The second-order valence-electron chi connectivity index (χ2n) is 5.38. The van der Waals surface area contributed by atoms with E-state index in [0.717, 1.165) is 19.3 Å². The highest BCUT2D eigenvalue weighted by atomic mass is 16.6. The minimum atomic E-state index is -1.38. The molecule has 6 heteroatoms. The number of ether oxygens (including phenoxy) is 2. The Morgan fingerprint density at radius 3 is 2.38 bits per heavy atom. The zero-order valence-corrected chi connectivity index (χ0v) is 12.6. The van der Waals surface area contributed by atoms with E-state index in [1.54, 1.807) is 0 Å². The van der Waals surface area contributed by atoms with Gasteiger partial charge in [0.05, 0.1) is 6.61 Å². The third kappa shape index (κ3) is 5.73. The minimum absolute atomic E-state index is 0.321. The van der Waals surface area contributed by atoms with Gasteiger partial charge < -0.3 is 19.7 Å². The van der Waals surface area contributed by atoms with Gasteiger partial charge in [-0.25, -0.2) is 4.79 Å². The molecule has 2 N–H and O–H groups in total. The number of hydrogen-bond acceptors (Lipinski definition) is 6. The zero-order chi connectivity index (χ0) is 15.7. The maximum atomic E-state index is 11.8. The number of aliphatic hydroxyl groups excluding tert-OH is 2. The molecule has 0 amide bonds. The summed E-state index contributed by atoms with van der Waals surface area (Å²) in [7, 11) is 0. The molecule has 0 aromatic carbocycles. The highest BCUT2D eigenvalue weighted by Gasteiger charge is 2.47. The van der Waals surface area contributed by atoms with Crippen LogP contribution in [0.15, 0.2) is 0 Å². The smallest absolute Gasteiger partial charge is 0.344 e. The van der Waals surface area contributed by atoms with Gasteiger partial charge in [-0.3, -0.25) is 4.79 Å². The van der Waals surface area contributed by atoms with Crippen LogP contribution in [0.25, 0.3) is 0 Å². The number of unbranched alkanes of at least 4 members (excludes halogenated alkanes) is 6. The van der Waals surface area contributed by atoms with Crippen LogP contribution < -0.4 is 0 Å². The minimum Gasteiger partial charge on any atom is -0.449 e. The number of Topliss-reactive ketones (excluding diaryl/α,β-unsaturated/α-hetero) is 1. The molecule has 1 fully saturated rings. The monoisotopic (exact) mass is 302 g/mol. The molecular weight excluding hydrogens is 276 g/mol. The lowest BCUT2D eigenvalue weighted by Gasteiger charge is -2.12. The van der Waals surface area contributed by atoms with Crippen LogP contribution in [0.1, 0.15) is 51.9 Å². The molecule has 6 nitrogen and oxygen atoms in total. The fourth-order valence-electron chi connectivity index (χ4n) is 2.28. The van der Waals surface area contributed by atoms with Crippen molar-refractivity contribution in [2.45, 2.75) is 70.2 Å². The van der Waals surface area contributed by atoms with Gasteiger partial charge in [0, 0.05) is 6.61 Å². The van der Waals surface area contributed by atoms with Crippen molar-refractivity contribution >= 4 is 11.8 Å². The van der Waals surface area contributed by atoms with Gasteiger partial charge in [0.25, 0.3) is 0 Å². The molecule has 1 aliphatic heterocycles. The molecule has 0 aromatic rings. The Morgan fingerprint density at radius 2 is 1.76 bits per heavy atom. The summed E-state index contributed by atoms with van der Waals surface area (Å²) in [6.45, 7) is 1.86. The van der Waals surface area contributed by atoms with Crippen molar-refractivity contribution in [2.75, 3.05) is 13.2 Å². The van der Waals surface area contributed by atoms with Crippen molar-refractivity contribution < 1.29 is 29.3 Å². The van der Waals surface area contributed by atoms with Crippen LogP contribution in [0, 0.1) is 0 Å². The average molecular weight is 302 g/mol. The number of ketones is 1. The number of rotatable bonds is 11. The molecule has 0 spiro atoms. The van der Waals surface area contributed by atoms with Crippen LogP contribution in [-0.4, -0.2) is 53.5 Å². The number of hydrogen-bond donors (Lipinski definition) is 2. The summed E-state index contributed by atoms with van der Waals surface area (Å²) in [4.78, 5) is 23.3. The van der Waals surface area contributed by atoms with Crippen molar-refractivity contribution in [1.82, 2.24) is 0 Å². The predicted molar refractivity (Wildman–Crippen MR) is 75.7 cm³/mol. The summed E-state index contributed by atoms with van der Waals surface area (Å²) in [5, 5.41) is 18.2. The van der Waals surface area contributed by atoms with E-state index < -0.39 is 36.7 Å². The standard InChI is InChI=1S/C15H26O6/c1-2-3-4-5-6-7-8-9-20-14-12(18)13(11(17)10-16)21-15(14)19/h11,13-14,16-17H,2-10H2,1H3/t11-,13+,14?/m0/s1. The molecule has 1 saturated heterocycles. The topological polar surface area (TPSA) is 93.1 Å². The molecule has 1 rings (SSSR count). The lowest BCUT2D eigenvalue weighted by atomic mass is 10.1. The summed E-state index contributed by atoms with van der Waals surface area (Å²) in [5.41, 5.74) is 0. The molecule has 21 heavy (non-hydrogen) atoms. The molecule has 0 radical (unpaired) electrons. The van der Waals surface area contributed by atoms with E-state index in [1.807, 2.05) is 0 Å². The molecule has 3 atom stereocenters. The Kier molecular flexibility index (Phi) is 8.49. The van der Waals surface area contributed by atoms with Crippen molar-refractivity contribution in [3.8, 4) is 0 Å². The van der Waals surface area contributed by atoms with Crippen LogP contribution in [0.3, 0.4) is 0 Å². The lowest BCUT2D eigenvalue weighted by molar-refractivity contribution is -0.153. The number of esters is 1. The Morgan fingerprint density at radius 1 is 1.14 bits per heavy atom. The van der Waals surface area contributed by atoms with Gasteiger partial charge in [-0.2, -0.15) is 0 Å². The summed E-state index contributed by atoms with van der Waals surface area (Å²) < 4.78 is 10.0. The van der Waals surface area contributed by atoms with Gasteiger partial charge in [0.15, 0.2) is 6.10 Å². The fraction of sp³-hybridized carbons (Fsp3) is 0.867. The first-order chi connectivity index (χ1) is 10.1. The van der Waals surface area contributed by atoms with Gasteiger partial charge in [0.2, 0.25) is 11.9 Å².